The second-order valence-corrected chi connectivity index (χ2v) is 8.02. The molecule has 2 heterocycles. The van der Waals surface area contributed by atoms with Gasteiger partial charge in [0, 0.05) is 25.0 Å². The van der Waals surface area contributed by atoms with Gasteiger partial charge in [-0.3, -0.25) is 14.5 Å². The summed E-state index contributed by atoms with van der Waals surface area (Å²) in [5.41, 5.74) is 0.974. The van der Waals surface area contributed by atoms with Crippen LogP contribution >= 0.6 is 0 Å². The lowest BCUT2D eigenvalue weighted by Crippen LogP contribution is -2.61. The van der Waals surface area contributed by atoms with E-state index in [2.05, 4.69) is 17.0 Å². The van der Waals surface area contributed by atoms with Crippen LogP contribution in [0.1, 0.15) is 30.4 Å². The molecule has 2 aromatic carbocycles. The van der Waals surface area contributed by atoms with Gasteiger partial charge in [0.15, 0.2) is 5.78 Å². The normalized spacial score (nSPS) is 26.3. The summed E-state index contributed by atoms with van der Waals surface area (Å²) in [6.45, 7) is 0.741. The van der Waals surface area contributed by atoms with Crippen LogP contribution in [0.5, 0.6) is 5.75 Å². The van der Waals surface area contributed by atoms with Crippen molar-refractivity contribution >= 4 is 11.8 Å². The fourth-order valence-electron chi connectivity index (χ4n) is 5.09. The molecule has 0 aliphatic carbocycles. The molecule has 2 fully saturated rings. The first-order valence-corrected chi connectivity index (χ1v) is 10.1. The standard InChI is InChI=1S/C24H27NO4/c1-28-20-11-8-17(9-12-20)15-24(23(27)29-2)21-13-10-19(14-22(24)26)25(21)16-18-6-4-3-5-7-18/h3-9,11-12,19,21H,10,13-16H2,1-2H3. The van der Waals surface area contributed by atoms with Gasteiger partial charge < -0.3 is 9.47 Å². The summed E-state index contributed by atoms with van der Waals surface area (Å²) >= 11 is 0. The Morgan fingerprint density at radius 1 is 1.03 bits per heavy atom. The largest absolute Gasteiger partial charge is 0.497 e. The Morgan fingerprint density at radius 2 is 1.76 bits per heavy atom. The molecule has 0 radical (unpaired) electrons. The number of esters is 1. The van der Waals surface area contributed by atoms with Crippen molar-refractivity contribution < 1.29 is 19.1 Å². The van der Waals surface area contributed by atoms with E-state index in [1.54, 1.807) is 7.11 Å². The molecule has 3 atom stereocenters. The zero-order chi connectivity index (χ0) is 20.4. The van der Waals surface area contributed by atoms with Crippen molar-refractivity contribution in [3.8, 4) is 5.75 Å². The van der Waals surface area contributed by atoms with E-state index in [9.17, 15) is 9.59 Å². The molecule has 2 aliphatic rings. The van der Waals surface area contributed by atoms with E-state index in [4.69, 9.17) is 9.47 Å². The number of carbonyl (C=O) groups is 2. The summed E-state index contributed by atoms with van der Waals surface area (Å²) in [7, 11) is 3.00. The summed E-state index contributed by atoms with van der Waals surface area (Å²) in [6, 6.07) is 17.9. The highest BCUT2D eigenvalue weighted by Crippen LogP contribution is 2.48. The van der Waals surface area contributed by atoms with Crippen LogP contribution in [-0.4, -0.2) is 43.0 Å². The lowest BCUT2D eigenvalue weighted by molar-refractivity contribution is -0.167. The molecule has 2 aromatic rings. The highest BCUT2D eigenvalue weighted by atomic mass is 16.5. The Bertz CT molecular complexity index is 880. The van der Waals surface area contributed by atoms with E-state index in [-0.39, 0.29) is 17.9 Å². The number of Topliss-reactive ketones (excluding diaryl/α,β-unsaturated/α-hetero) is 1. The van der Waals surface area contributed by atoms with Crippen molar-refractivity contribution in [3.63, 3.8) is 0 Å². The van der Waals surface area contributed by atoms with E-state index >= 15 is 0 Å². The fraction of sp³-hybridized carbons (Fsp3) is 0.417. The minimum atomic E-state index is -1.16. The fourth-order valence-corrected chi connectivity index (χ4v) is 5.09. The molecule has 2 bridgehead atoms. The van der Waals surface area contributed by atoms with Gasteiger partial charge in [-0.15, -0.1) is 0 Å². The van der Waals surface area contributed by atoms with Gasteiger partial charge in [-0.2, -0.15) is 0 Å². The van der Waals surface area contributed by atoms with Crippen molar-refractivity contribution in [2.24, 2.45) is 5.41 Å². The van der Waals surface area contributed by atoms with Crippen LogP contribution in [-0.2, 0) is 27.3 Å². The minimum Gasteiger partial charge on any atom is -0.497 e. The maximum absolute atomic E-state index is 13.4. The number of methoxy groups -OCH3 is 2. The Hall–Kier alpha value is -2.66. The molecule has 4 rings (SSSR count). The second kappa shape index (κ2) is 7.99. The van der Waals surface area contributed by atoms with Crippen molar-refractivity contribution in [1.29, 1.82) is 0 Å². The van der Waals surface area contributed by atoms with Gasteiger partial charge in [0.1, 0.15) is 11.2 Å². The first kappa shape index (κ1) is 19.6. The molecule has 5 heteroatoms. The molecule has 0 aromatic heterocycles. The predicted octanol–water partition coefficient (Wildman–Crippen LogP) is 3.40. The molecule has 5 nitrogen and oxygen atoms in total. The van der Waals surface area contributed by atoms with Crippen molar-refractivity contribution in [2.45, 2.75) is 44.3 Å². The van der Waals surface area contributed by atoms with Gasteiger partial charge in [-0.05, 0) is 42.5 Å². The van der Waals surface area contributed by atoms with Gasteiger partial charge in [0.2, 0.25) is 0 Å². The number of carbonyl (C=O) groups excluding carboxylic acids is 2. The number of hydrogen-bond acceptors (Lipinski definition) is 5. The third-order valence-electron chi connectivity index (χ3n) is 6.53. The van der Waals surface area contributed by atoms with Gasteiger partial charge in [0.05, 0.1) is 14.2 Å². The molecule has 152 valence electrons. The molecule has 0 spiro atoms. The molecule has 0 saturated carbocycles. The number of hydrogen-bond donors (Lipinski definition) is 0. The summed E-state index contributed by atoms with van der Waals surface area (Å²) < 4.78 is 10.5. The highest BCUT2D eigenvalue weighted by Gasteiger charge is 2.61. The van der Waals surface area contributed by atoms with Crippen molar-refractivity contribution in [3.05, 3.63) is 65.7 Å². The topological polar surface area (TPSA) is 55.8 Å². The number of rotatable bonds is 6. The Morgan fingerprint density at radius 3 is 2.41 bits per heavy atom. The molecule has 0 N–H and O–H groups in total. The third-order valence-corrected chi connectivity index (χ3v) is 6.53. The van der Waals surface area contributed by atoms with Gasteiger partial charge in [0.25, 0.3) is 0 Å². The average molecular weight is 393 g/mol. The second-order valence-electron chi connectivity index (χ2n) is 8.02. The molecular formula is C24H27NO4. The smallest absolute Gasteiger partial charge is 0.321 e. The summed E-state index contributed by atoms with van der Waals surface area (Å²) in [5.74, 6) is 0.348. The lowest BCUT2D eigenvalue weighted by Gasteiger charge is -2.45. The SMILES string of the molecule is COC(=O)C1(Cc2ccc(OC)cc2)C(=O)CC2CCC1N2Cc1ccccc1. The summed E-state index contributed by atoms with van der Waals surface area (Å²) in [6.07, 6.45) is 2.51. The molecule has 3 unspecified atom stereocenters. The average Bonchev–Trinajstić information content (AvgIpc) is 3.07. The van der Waals surface area contributed by atoms with Crippen molar-refractivity contribution in [1.82, 2.24) is 4.90 Å². The first-order valence-electron chi connectivity index (χ1n) is 10.1. The van der Waals surface area contributed by atoms with Crippen LogP contribution < -0.4 is 4.74 Å². The molecule has 2 saturated heterocycles. The van der Waals surface area contributed by atoms with Gasteiger partial charge >= 0.3 is 5.97 Å². The van der Waals surface area contributed by atoms with E-state index in [0.29, 0.717) is 12.8 Å². The first-order chi connectivity index (χ1) is 14.1. The van der Waals surface area contributed by atoms with E-state index < -0.39 is 11.4 Å². The number of fused-ring (bicyclic) bond motifs is 2. The molecule has 2 aliphatic heterocycles. The van der Waals surface area contributed by atoms with Crippen LogP contribution in [0.4, 0.5) is 0 Å². The zero-order valence-electron chi connectivity index (χ0n) is 17.0. The maximum atomic E-state index is 13.4. The Balaban J connectivity index is 1.70. The molecular weight excluding hydrogens is 366 g/mol. The summed E-state index contributed by atoms with van der Waals surface area (Å²) in [4.78, 5) is 28.8. The lowest BCUT2D eigenvalue weighted by atomic mass is 9.68. The summed E-state index contributed by atoms with van der Waals surface area (Å²) in [5, 5.41) is 0. The third kappa shape index (κ3) is 3.44. The number of ketones is 1. The van der Waals surface area contributed by atoms with Gasteiger partial charge in [-0.25, -0.2) is 0 Å². The van der Waals surface area contributed by atoms with Crippen LogP contribution in [0.25, 0.3) is 0 Å². The predicted molar refractivity (Wildman–Crippen MR) is 110 cm³/mol. The highest BCUT2D eigenvalue weighted by molar-refractivity contribution is 6.06. The number of piperidine rings is 1. The minimum absolute atomic E-state index is 0.0111. The van der Waals surface area contributed by atoms with Gasteiger partial charge in [-0.1, -0.05) is 42.5 Å². The van der Waals surface area contributed by atoms with E-state index in [0.717, 1.165) is 30.7 Å². The number of ether oxygens (including phenoxy) is 2. The van der Waals surface area contributed by atoms with Crippen LogP contribution in [0.2, 0.25) is 0 Å². The number of benzene rings is 2. The number of nitrogens with zero attached hydrogens (tertiary/aromatic N) is 1. The van der Waals surface area contributed by atoms with Crippen LogP contribution in [0.15, 0.2) is 54.6 Å². The van der Waals surface area contributed by atoms with Crippen LogP contribution in [0.3, 0.4) is 0 Å². The van der Waals surface area contributed by atoms with Crippen LogP contribution in [0, 0.1) is 5.41 Å². The monoisotopic (exact) mass is 393 g/mol. The Labute approximate surface area is 171 Å². The van der Waals surface area contributed by atoms with E-state index in [1.807, 2.05) is 42.5 Å². The van der Waals surface area contributed by atoms with Crippen molar-refractivity contribution in [2.75, 3.05) is 14.2 Å². The van der Waals surface area contributed by atoms with E-state index in [1.165, 1.54) is 12.7 Å². The zero-order valence-corrected chi connectivity index (χ0v) is 17.0. The maximum Gasteiger partial charge on any atom is 0.321 e. The Kier molecular flexibility index (Phi) is 5.41. The molecule has 0 amide bonds. The quantitative estimate of drug-likeness (QED) is 0.556. The molecule has 29 heavy (non-hydrogen) atoms.